The Morgan fingerprint density at radius 1 is 0.673 bits per heavy atom. The van der Waals surface area contributed by atoms with Crippen molar-refractivity contribution in [1.82, 2.24) is 0 Å². The van der Waals surface area contributed by atoms with Gasteiger partial charge in [0.05, 0.1) is 35.7 Å². The summed E-state index contributed by atoms with van der Waals surface area (Å²) >= 11 is 0. The SMILES string of the molecule is CCCCOC(=O)c1cc(C(=O)Nc2ccc(-c3ccc(NC=O)c(O)c3)cc2O)ccc1C.CCCCOC(=O)c1cc(C)ccc1C. The zero-order valence-electron chi connectivity index (χ0n) is 28.6. The minimum Gasteiger partial charge on any atom is -0.506 e. The fraction of sp³-hybridized carbons (Fsp3) is 0.282. The van der Waals surface area contributed by atoms with Crippen LogP contribution in [0.2, 0.25) is 0 Å². The second kappa shape index (κ2) is 18.6. The van der Waals surface area contributed by atoms with Gasteiger partial charge >= 0.3 is 11.9 Å². The molecular weight excluding hydrogens is 624 g/mol. The summed E-state index contributed by atoms with van der Waals surface area (Å²) in [5.74, 6) is -1.47. The van der Waals surface area contributed by atoms with E-state index in [1.54, 1.807) is 31.2 Å². The second-order valence-corrected chi connectivity index (χ2v) is 11.5. The van der Waals surface area contributed by atoms with Gasteiger partial charge in [-0.3, -0.25) is 9.59 Å². The van der Waals surface area contributed by atoms with E-state index in [9.17, 15) is 29.4 Å². The molecule has 10 nitrogen and oxygen atoms in total. The maximum absolute atomic E-state index is 12.8. The zero-order valence-corrected chi connectivity index (χ0v) is 28.6. The molecule has 0 radical (unpaired) electrons. The van der Waals surface area contributed by atoms with Gasteiger partial charge in [0, 0.05) is 5.56 Å². The fourth-order valence-corrected chi connectivity index (χ4v) is 4.62. The average molecular weight is 669 g/mol. The number of rotatable bonds is 13. The molecule has 0 aliphatic carbocycles. The van der Waals surface area contributed by atoms with Crippen molar-refractivity contribution in [2.45, 2.75) is 60.3 Å². The molecule has 4 aromatic rings. The molecule has 0 aromatic heterocycles. The van der Waals surface area contributed by atoms with Crippen molar-refractivity contribution in [1.29, 1.82) is 0 Å². The molecular formula is C39H44N2O8. The number of amides is 2. The third kappa shape index (κ3) is 11.0. The van der Waals surface area contributed by atoms with Gasteiger partial charge in [-0.1, -0.05) is 62.6 Å². The van der Waals surface area contributed by atoms with E-state index in [1.807, 2.05) is 39.0 Å². The lowest BCUT2D eigenvalue weighted by molar-refractivity contribution is -0.105. The number of phenolic OH excluding ortho intramolecular Hbond substituents is 2. The molecule has 0 aliphatic rings. The Labute approximate surface area is 287 Å². The first-order valence-corrected chi connectivity index (χ1v) is 16.2. The smallest absolute Gasteiger partial charge is 0.338 e. The number of ether oxygens (including phenoxy) is 2. The van der Waals surface area contributed by atoms with E-state index < -0.39 is 11.9 Å². The van der Waals surface area contributed by atoms with Crippen molar-refractivity contribution in [2.24, 2.45) is 0 Å². The van der Waals surface area contributed by atoms with Crippen molar-refractivity contribution < 1.29 is 38.9 Å². The number of carbonyl (C=O) groups is 4. The van der Waals surface area contributed by atoms with Crippen molar-refractivity contribution in [3.8, 4) is 22.6 Å². The summed E-state index contributed by atoms with van der Waals surface area (Å²) in [4.78, 5) is 47.4. The van der Waals surface area contributed by atoms with Crippen LogP contribution >= 0.6 is 0 Å². The van der Waals surface area contributed by atoms with Crippen molar-refractivity contribution in [3.63, 3.8) is 0 Å². The van der Waals surface area contributed by atoms with Crippen LogP contribution in [0.5, 0.6) is 11.5 Å². The highest BCUT2D eigenvalue weighted by atomic mass is 16.5. The lowest BCUT2D eigenvalue weighted by Crippen LogP contribution is -2.14. The van der Waals surface area contributed by atoms with Crippen LogP contribution in [-0.4, -0.2) is 47.7 Å². The Hall–Kier alpha value is -5.64. The summed E-state index contributed by atoms with van der Waals surface area (Å²) in [6.45, 7) is 10.6. The number of esters is 2. The molecule has 0 fully saturated rings. The number of carbonyl (C=O) groups excluding carboxylic acids is 4. The molecule has 0 heterocycles. The fourth-order valence-electron chi connectivity index (χ4n) is 4.62. The van der Waals surface area contributed by atoms with Gasteiger partial charge < -0.3 is 30.3 Å². The van der Waals surface area contributed by atoms with Gasteiger partial charge in [0.1, 0.15) is 11.5 Å². The molecule has 4 aromatic carbocycles. The number of hydrogen-bond acceptors (Lipinski definition) is 8. The Bertz CT molecular complexity index is 1780. The van der Waals surface area contributed by atoms with Crippen molar-refractivity contribution in [2.75, 3.05) is 23.8 Å². The number of phenols is 2. The number of aryl methyl sites for hydroxylation is 3. The monoisotopic (exact) mass is 668 g/mol. The van der Waals surface area contributed by atoms with E-state index in [0.29, 0.717) is 47.4 Å². The van der Waals surface area contributed by atoms with Gasteiger partial charge in [-0.05, 0) is 98.3 Å². The first-order valence-electron chi connectivity index (χ1n) is 16.2. The summed E-state index contributed by atoms with van der Waals surface area (Å²) in [5.41, 5.74) is 5.65. The van der Waals surface area contributed by atoms with E-state index in [1.165, 1.54) is 30.3 Å². The van der Waals surface area contributed by atoms with Crippen LogP contribution in [0, 0.1) is 20.8 Å². The highest BCUT2D eigenvalue weighted by Gasteiger charge is 2.16. The molecule has 4 rings (SSSR count). The van der Waals surface area contributed by atoms with Gasteiger partial charge in [-0.2, -0.15) is 0 Å². The molecule has 0 spiro atoms. The lowest BCUT2D eigenvalue weighted by Gasteiger charge is -2.12. The summed E-state index contributed by atoms with van der Waals surface area (Å²) in [7, 11) is 0. The van der Waals surface area contributed by atoms with Crippen LogP contribution in [0.15, 0.2) is 72.8 Å². The maximum Gasteiger partial charge on any atom is 0.338 e. The molecule has 0 aliphatic heterocycles. The van der Waals surface area contributed by atoms with Gasteiger partial charge in [-0.15, -0.1) is 0 Å². The van der Waals surface area contributed by atoms with Gasteiger partial charge in [-0.25, -0.2) is 9.59 Å². The molecule has 10 heteroatoms. The van der Waals surface area contributed by atoms with Crippen LogP contribution in [0.1, 0.15) is 87.3 Å². The Morgan fingerprint density at radius 3 is 1.69 bits per heavy atom. The zero-order chi connectivity index (χ0) is 35.9. The number of unbranched alkanes of at least 4 members (excludes halogenated alkanes) is 2. The predicted molar refractivity (Wildman–Crippen MR) is 190 cm³/mol. The number of nitrogens with one attached hydrogen (secondary N) is 2. The number of benzene rings is 4. The van der Waals surface area contributed by atoms with Crippen molar-refractivity contribution >= 4 is 35.6 Å². The van der Waals surface area contributed by atoms with Crippen LogP contribution in [-0.2, 0) is 14.3 Å². The van der Waals surface area contributed by atoms with Crippen LogP contribution < -0.4 is 10.6 Å². The highest BCUT2D eigenvalue weighted by Crippen LogP contribution is 2.34. The van der Waals surface area contributed by atoms with Crippen LogP contribution in [0.3, 0.4) is 0 Å². The third-order valence-electron chi connectivity index (χ3n) is 7.59. The first-order chi connectivity index (χ1) is 23.5. The molecule has 0 saturated carbocycles. The summed E-state index contributed by atoms with van der Waals surface area (Å²) in [6.07, 6.45) is 4.10. The average Bonchev–Trinajstić information content (AvgIpc) is 3.08. The van der Waals surface area contributed by atoms with Gasteiger partial charge in [0.15, 0.2) is 0 Å². The second-order valence-electron chi connectivity index (χ2n) is 11.5. The van der Waals surface area contributed by atoms with Gasteiger partial charge in [0.25, 0.3) is 5.91 Å². The van der Waals surface area contributed by atoms with Crippen LogP contribution in [0.25, 0.3) is 11.1 Å². The molecule has 0 atom stereocenters. The molecule has 4 N–H and O–H groups in total. The van der Waals surface area contributed by atoms with Gasteiger partial charge in [0.2, 0.25) is 6.41 Å². The lowest BCUT2D eigenvalue weighted by atomic mass is 10.0. The standard InChI is InChI=1S/C26H26N2O6.C13H18O2/c1-3-4-11-34-26(33)20-12-19(6-5-16(20)2)25(32)28-22-10-8-18(14-24(22)31)17-7-9-21(27-15-29)23(30)13-17;1-4-5-8-15-13(14)12-9-10(2)6-7-11(12)3/h5-10,12-15,30-31H,3-4,11H2,1-2H3,(H,27,29)(H,28,32);6-7,9H,4-5,8H2,1-3H3. The van der Waals surface area contributed by atoms with E-state index in [0.717, 1.165) is 36.8 Å². The van der Waals surface area contributed by atoms with Crippen molar-refractivity contribution in [3.05, 3.63) is 106 Å². The Balaban J connectivity index is 0.000000362. The molecule has 258 valence electrons. The number of hydrogen-bond donors (Lipinski definition) is 4. The minimum atomic E-state index is -0.493. The Kier molecular flexibility index (Phi) is 14.4. The summed E-state index contributed by atoms with van der Waals surface area (Å²) in [5, 5.41) is 25.5. The van der Waals surface area contributed by atoms with Crippen LogP contribution in [0.4, 0.5) is 11.4 Å². The quantitative estimate of drug-likeness (QED) is 0.0483. The highest BCUT2D eigenvalue weighted by molar-refractivity contribution is 6.06. The molecule has 2 amide bonds. The predicted octanol–water partition coefficient (Wildman–Crippen LogP) is 8.11. The van der Waals surface area contributed by atoms with E-state index in [-0.39, 0.29) is 34.4 Å². The topological polar surface area (TPSA) is 151 Å². The maximum atomic E-state index is 12.8. The summed E-state index contributed by atoms with van der Waals surface area (Å²) in [6, 6.07) is 19.9. The molecule has 0 bridgehead atoms. The summed E-state index contributed by atoms with van der Waals surface area (Å²) < 4.78 is 10.4. The first kappa shape index (κ1) is 37.8. The molecule has 0 unspecified atom stereocenters. The number of anilines is 2. The van der Waals surface area contributed by atoms with E-state index in [4.69, 9.17) is 9.47 Å². The largest absolute Gasteiger partial charge is 0.506 e. The minimum absolute atomic E-state index is 0.120. The number of aromatic hydroxyl groups is 2. The normalized spacial score (nSPS) is 10.3. The Morgan fingerprint density at radius 2 is 1.18 bits per heavy atom. The third-order valence-corrected chi connectivity index (χ3v) is 7.59. The van der Waals surface area contributed by atoms with E-state index >= 15 is 0 Å². The molecule has 0 saturated heterocycles. The van der Waals surface area contributed by atoms with E-state index in [2.05, 4.69) is 17.6 Å². The molecule has 49 heavy (non-hydrogen) atoms.